The number of hydrogen-bond donors (Lipinski definition) is 0. The van der Waals surface area contributed by atoms with Gasteiger partial charge >= 0.3 is 0 Å². The molecule has 0 radical (unpaired) electrons. The average Bonchev–Trinajstić information content (AvgIpc) is 2.54. The maximum Gasteiger partial charge on any atom is 0.200 e. The minimum Gasteiger partial charge on any atom is -0.465 e. The minimum atomic E-state index is -0.596. The fourth-order valence-corrected chi connectivity index (χ4v) is 2.81. The van der Waals surface area contributed by atoms with Crippen molar-refractivity contribution in [3.63, 3.8) is 0 Å². The zero-order valence-corrected chi connectivity index (χ0v) is 13.3. The number of hydrogen-bond acceptors (Lipinski definition) is 2. The highest BCUT2D eigenvalue weighted by atomic mass is 35.5. The first kappa shape index (κ1) is 15.0. The number of rotatable bonds is 3. The van der Waals surface area contributed by atoms with Crippen molar-refractivity contribution < 1.29 is 9.13 Å². The average molecular weight is 318 g/mol. The Morgan fingerprint density at radius 1 is 1.09 bits per heavy atom. The minimum absolute atomic E-state index is 0.259. The van der Waals surface area contributed by atoms with Gasteiger partial charge in [0.2, 0.25) is 0 Å². The van der Waals surface area contributed by atoms with Gasteiger partial charge in [0.15, 0.2) is 5.72 Å². The molecule has 2 nitrogen and oxygen atoms in total. The van der Waals surface area contributed by atoms with E-state index in [-0.39, 0.29) is 5.82 Å². The highest BCUT2D eigenvalue weighted by Crippen LogP contribution is 2.37. The Morgan fingerprint density at radius 2 is 1.77 bits per heavy atom. The topological polar surface area (TPSA) is 21.6 Å². The van der Waals surface area contributed by atoms with E-state index in [0.29, 0.717) is 5.02 Å². The van der Waals surface area contributed by atoms with Gasteiger partial charge in [-0.1, -0.05) is 25.4 Å². The van der Waals surface area contributed by atoms with Gasteiger partial charge in [0.1, 0.15) is 11.6 Å². The molecule has 1 heterocycles. The molecular weight excluding hydrogens is 301 g/mol. The summed E-state index contributed by atoms with van der Waals surface area (Å²) in [5.74, 6) is 0.468. The highest BCUT2D eigenvalue weighted by molar-refractivity contribution is 6.31. The Morgan fingerprint density at radius 3 is 2.41 bits per heavy atom. The molecular formula is C18H17ClFNO. The lowest BCUT2D eigenvalue weighted by Crippen LogP contribution is -2.37. The Labute approximate surface area is 134 Å². The molecule has 4 heteroatoms. The number of halogens is 2. The maximum absolute atomic E-state index is 13.2. The molecule has 2 aromatic carbocycles. The van der Waals surface area contributed by atoms with Crippen molar-refractivity contribution in [1.29, 1.82) is 0 Å². The molecule has 0 fully saturated rings. The van der Waals surface area contributed by atoms with E-state index in [1.165, 1.54) is 12.1 Å². The van der Waals surface area contributed by atoms with Crippen LogP contribution in [0.2, 0.25) is 5.02 Å². The molecule has 2 aromatic rings. The van der Waals surface area contributed by atoms with E-state index < -0.39 is 5.72 Å². The van der Waals surface area contributed by atoms with Crippen LogP contribution in [-0.4, -0.2) is 11.4 Å². The first-order valence-corrected chi connectivity index (χ1v) is 7.79. The molecule has 0 aromatic heterocycles. The fourth-order valence-electron chi connectivity index (χ4n) is 2.65. The highest BCUT2D eigenvalue weighted by Gasteiger charge is 2.34. The standard InChI is InChI=1S/C18H17ClFNO/c1-3-18(4-2)21-17(12-5-8-14(20)9-6-12)15-10-7-13(19)11-16(15)22-18/h5-11H,3-4H2,1-2H3. The maximum atomic E-state index is 13.2. The van der Waals surface area contributed by atoms with Crippen molar-refractivity contribution in [3.8, 4) is 5.75 Å². The molecule has 0 saturated heterocycles. The van der Waals surface area contributed by atoms with Gasteiger partial charge < -0.3 is 4.74 Å². The van der Waals surface area contributed by atoms with Gasteiger partial charge in [-0.3, -0.25) is 0 Å². The predicted octanol–water partition coefficient (Wildman–Crippen LogP) is 5.23. The molecule has 22 heavy (non-hydrogen) atoms. The zero-order chi connectivity index (χ0) is 15.7. The third-order valence-corrected chi connectivity index (χ3v) is 4.27. The summed E-state index contributed by atoms with van der Waals surface area (Å²) >= 11 is 6.10. The van der Waals surface area contributed by atoms with E-state index in [2.05, 4.69) is 0 Å². The summed E-state index contributed by atoms with van der Waals surface area (Å²) in [6.07, 6.45) is 1.50. The predicted molar refractivity (Wildman–Crippen MR) is 87.4 cm³/mol. The summed E-state index contributed by atoms with van der Waals surface area (Å²) in [5, 5.41) is 0.625. The molecule has 0 unspecified atom stereocenters. The number of fused-ring (bicyclic) bond motifs is 1. The van der Waals surface area contributed by atoms with Crippen LogP contribution < -0.4 is 4.74 Å². The van der Waals surface area contributed by atoms with Crippen LogP contribution in [0.25, 0.3) is 0 Å². The normalized spacial score (nSPS) is 15.7. The van der Waals surface area contributed by atoms with Crippen LogP contribution in [0, 0.1) is 5.82 Å². The molecule has 0 atom stereocenters. The molecule has 0 amide bonds. The summed E-state index contributed by atoms with van der Waals surface area (Å²) < 4.78 is 19.3. The summed E-state index contributed by atoms with van der Waals surface area (Å²) in [4.78, 5) is 4.85. The molecule has 1 aliphatic rings. The number of benzene rings is 2. The van der Waals surface area contributed by atoms with Crippen LogP contribution >= 0.6 is 11.6 Å². The summed E-state index contributed by atoms with van der Waals surface area (Å²) in [7, 11) is 0. The first-order valence-electron chi connectivity index (χ1n) is 7.41. The lowest BCUT2D eigenvalue weighted by atomic mass is 9.97. The van der Waals surface area contributed by atoms with Crippen LogP contribution in [0.5, 0.6) is 5.75 Å². The Balaban J connectivity index is 2.19. The molecule has 0 aliphatic carbocycles. The van der Waals surface area contributed by atoms with Crippen LogP contribution in [0.1, 0.15) is 37.8 Å². The Hall–Kier alpha value is -1.87. The quantitative estimate of drug-likeness (QED) is 0.760. The second-order valence-electron chi connectivity index (χ2n) is 5.36. The van der Waals surface area contributed by atoms with Gasteiger partial charge in [0.25, 0.3) is 0 Å². The van der Waals surface area contributed by atoms with Gasteiger partial charge in [0.05, 0.1) is 5.71 Å². The van der Waals surface area contributed by atoms with E-state index in [0.717, 1.165) is 35.4 Å². The first-order chi connectivity index (χ1) is 10.6. The molecule has 0 bridgehead atoms. The lowest BCUT2D eigenvalue weighted by molar-refractivity contribution is 0.0659. The van der Waals surface area contributed by atoms with Gasteiger partial charge in [-0.05, 0) is 42.5 Å². The smallest absolute Gasteiger partial charge is 0.200 e. The van der Waals surface area contributed by atoms with Crippen molar-refractivity contribution in [2.24, 2.45) is 4.99 Å². The second-order valence-corrected chi connectivity index (χ2v) is 5.80. The number of nitrogens with zero attached hydrogens (tertiary/aromatic N) is 1. The monoisotopic (exact) mass is 317 g/mol. The largest absolute Gasteiger partial charge is 0.465 e. The van der Waals surface area contributed by atoms with Crippen molar-refractivity contribution >= 4 is 17.3 Å². The van der Waals surface area contributed by atoms with Crippen LogP contribution in [0.3, 0.4) is 0 Å². The third kappa shape index (κ3) is 2.61. The zero-order valence-electron chi connectivity index (χ0n) is 12.6. The summed E-state index contributed by atoms with van der Waals surface area (Å²) in [5.41, 5.74) is 1.98. The Bertz CT molecular complexity index is 720. The van der Waals surface area contributed by atoms with E-state index in [9.17, 15) is 4.39 Å². The molecule has 114 valence electrons. The fraction of sp³-hybridized carbons (Fsp3) is 0.278. The van der Waals surface area contributed by atoms with E-state index >= 15 is 0 Å². The third-order valence-electron chi connectivity index (χ3n) is 4.04. The summed E-state index contributed by atoms with van der Waals surface area (Å²) in [6.45, 7) is 4.09. The van der Waals surface area contributed by atoms with Gasteiger partial charge in [-0.25, -0.2) is 9.38 Å². The van der Waals surface area contributed by atoms with Gasteiger partial charge in [-0.15, -0.1) is 0 Å². The molecule has 0 spiro atoms. The van der Waals surface area contributed by atoms with Crippen molar-refractivity contribution in [2.45, 2.75) is 32.4 Å². The molecule has 1 aliphatic heterocycles. The van der Waals surface area contributed by atoms with Crippen molar-refractivity contribution in [1.82, 2.24) is 0 Å². The van der Waals surface area contributed by atoms with Gasteiger partial charge in [0, 0.05) is 29.0 Å². The number of ether oxygens (including phenoxy) is 1. The molecule has 3 rings (SSSR count). The second kappa shape index (κ2) is 5.73. The van der Waals surface area contributed by atoms with Crippen LogP contribution in [0.15, 0.2) is 47.5 Å². The lowest BCUT2D eigenvalue weighted by Gasteiger charge is -2.34. The number of aliphatic imine (C=N–C) groups is 1. The summed E-state index contributed by atoms with van der Waals surface area (Å²) in [6, 6.07) is 11.9. The van der Waals surface area contributed by atoms with E-state index in [1.807, 2.05) is 32.0 Å². The van der Waals surface area contributed by atoms with Crippen LogP contribution in [0.4, 0.5) is 4.39 Å². The SMILES string of the molecule is CCC1(CC)N=C(c2ccc(F)cc2)c2ccc(Cl)cc2O1. The van der Waals surface area contributed by atoms with Crippen LogP contribution in [-0.2, 0) is 0 Å². The van der Waals surface area contributed by atoms with Gasteiger partial charge in [-0.2, -0.15) is 0 Å². The molecule has 0 saturated carbocycles. The Kier molecular flexibility index (Phi) is 3.92. The van der Waals surface area contributed by atoms with E-state index in [1.54, 1.807) is 12.1 Å². The van der Waals surface area contributed by atoms with Crippen molar-refractivity contribution in [2.75, 3.05) is 0 Å². The molecule has 0 N–H and O–H groups in total. The van der Waals surface area contributed by atoms with Crippen molar-refractivity contribution in [3.05, 3.63) is 64.4 Å². The van der Waals surface area contributed by atoms with E-state index in [4.69, 9.17) is 21.3 Å².